The molecule has 2 aromatic rings. The molecule has 0 aliphatic carbocycles. The van der Waals surface area contributed by atoms with E-state index in [4.69, 9.17) is 23.2 Å². The molecule has 2 nitrogen and oxygen atoms in total. The molecule has 0 aromatic heterocycles. The molecule has 2 rings (SSSR count). The van der Waals surface area contributed by atoms with Crippen LogP contribution < -0.4 is 5.32 Å². The Morgan fingerprint density at radius 3 is 2.53 bits per heavy atom. The molecule has 1 amide bonds. The summed E-state index contributed by atoms with van der Waals surface area (Å²) in [4.78, 5) is 12.1. The van der Waals surface area contributed by atoms with Gasteiger partial charge in [-0.15, -0.1) is 0 Å². The smallest absolute Gasteiger partial charge is 0.256 e. The highest BCUT2D eigenvalue weighted by Gasteiger charge is 2.12. The topological polar surface area (TPSA) is 29.1 Å². The highest BCUT2D eigenvalue weighted by atomic mass is 79.9. The van der Waals surface area contributed by atoms with Crippen LogP contribution in [0, 0.1) is 6.92 Å². The summed E-state index contributed by atoms with van der Waals surface area (Å²) in [7, 11) is 0. The summed E-state index contributed by atoms with van der Waals surface area (Å²) >= 11 is 15.5. The SMILES string of the molecule is Cc1cc(Cl)c(NC(=O)c2ccccc2Br)cc1Cl. The molecule has 19 heavy (non-hydrogen) atoms. The Balaban J connectivity index is 2.30. The Morgan fingerprint density at radius 2 is 1.84 bits per heavy atom. The van der Waals surface area contributed by atoms with Crippen LogP contribution in [0.5, 0.6) is 0 Å². The van der Waals surface area contributed by atoms with Crippen molar-refractivity contribution in [1.82, 2.24) is 0 Å². The van der Waals surface area contributed by atoms with E-state index in [1.54, 1.807) is 30.3 Å². The second-order valence-corrected chi connectivity index (χ2v) is 5.68. The molecule has 0 radical (unpaired) electrons. The van der Waals surface area contributed by atoms with E-state index in [1.165, 1.54) is 0 Å². The van der Waals surface area contributed by atoms with Crippen molar-refractivity contribution in [1.29, 1.82) is 0 Å². The highest BCUT2D eigenvalue weighted by Crippen LogP contribution is 2.29. The normalized spacial score (nSPS) is 10.3. The average Bonchev–Trinajstić information content (AvgIpc) is 2.36. The van der Waals surface area contributed by atoms with Crippen molar-refractivity contribution in [2.45, 2.75) is 6.92 Å². The number of hydrogen-bond acceptors (Lipinski definition) is 1. The van der Waals surface area contributed by atoms with Gasteiger partial charge >= 0.3 is 0 Å². The van der Waals surface area contributed by atoms with Gasteiger partial charge in [-0.05, 0) is 52.7 Å². The number of anilines is 1. The highest BCUT2D eigenvalue weighted by molar-refractivity contribution is 9.10. The second-order valence-electron chi connectivity index (χ2n) is 4.02. The molecule has 0 heterocycles. The number of amides is 1. The van der Waals surface area contributed by atoms with Gasteiger partial charge in [0.15, 0.2) is 0 Å². The van der Waals surface area contributed by atoms with Crippen LogP contribution in [0.2, 0.25) is 10.0 Å². The molecular formula is C14H10BrCl2NO. The fourth-order valence-electron chi connectivity index (χ4n) is 1.58. The molecule has 0 aliphatic heterocycles. The lowest BCUT2D eigenvalue weighted by Gasteiger charge is -2.10. The van der Waals surface area contributed by atoms with E-state index in [0.29, 0.717) is 21.3 Å². The summed E-state index contributed by atoms with van der Waals surface area (Å²) < 4.78 is 0.724. The number of aryl methyl sites for hydroxylation is 1. The number of carbonyl (C=O) groups is 1. The molecule has 0 fully saturated rings. The Morgan fingerprint density at radius 1 is 1.16 bits per heavy atom. The third-order valence-corrected chi connectivity index (χ3v) is 4.03. The van der Waals surface area contributed by atoms with Crippen LogP contribution in [0.3, 0.4) is 0 Å². The van der Waals surface area contributed by atoms with E-state index in [0.717, 1.165) is 10.0 Å². The summed E-state index contributed by atoms with van der Waals surface area (Å²) in [5.41, 5.74) is 1.90. The van der Waals surface area contributed by atoms with Gasteiger partial charge in [0.2, 0.25) is 0 Å². The molecule has 2 aromatic carbocycles. The number of rotatable bonds is 2. The Labute approximate surface area is 129 Å². The Bertz CT molecular complexity index is 643. The van der Waals surface area contributed by atoms with Crippen LogP contribution in [0.1, 0.15) is 15.9 Å². The summed E-state index contributed by atoms with van der Waals surface area (Å²) in [6, 6.07) is 10.5. The number of halogens is 3. The maximum Gasteiger partial charge on any atom is 0.256 e. The quantitative estimate of drug-likeness (QED) is 0.773. The van der Waals surface area contributed by atoms with Gasteiger partial charge in [0.05, 0.1) is 16.3 Å². The number of carbonyl (C=O) groups excluding carboxylic acids is 1. The second kappa shape index (κ2) is 5.95. The van der Waals surface area contributed by atoms with E-state index in [2.05, 4.69) is 21.2 Å². The summed E-state index contributed by atoms with van der Waals surface area (Å²) in [5, 5.41) is 3.77. The van der Waals surface area contributed by atoms with Gasteiger partial charge in [0, 0.05) is 9.50 Å². The van der Waals surface area contributed by atoms with Gasteiger partial charge in [-0.3, -0.25) is 4.79 Å². The average molecular weight is 359 g/mol. The summed E-state index contributed by atoms with van der Waals surface area (Å²) in [5.74, 6) is -0.241. The largest absolute Gasteiger partial charge is 0.321 e. The number of benzene rings is 2. The van der Waals surface area contributed by atoms with Crippen LogP contribution in [-0.4, -0.2) is 5.91 Å². The molecule has 0 saturated heterocycles. The molecule has 5 heteroatoms. The third-order valence-electron chi connectivity index (χ3n) is 2.61. The lowest BCUT2D eigenvalue weighted by molar-refractivity contribution is 0.102. The summed E-state index contributed by atoms with van der Waals surface area (Å²) in [6.45, 7) is 1.85. The minimum atomic E-state index is -0.241. The molecule has 0 saturated carbocycles. The minimum Gasteiger partial charge on any atom is -0.321 e. The van der Waals surface area contributed by atoms with Crippen molar-refractivity contribution in [2.24, 2.45) is 0 Å². The first kappa shape index (κ1) is 14.4. The van der Waals surface area contributed by atoms with Crippen molar-refractivity contribution in [3.63, 3.8) is 0 Å². The van der Waals surface area contributed by atoms with Crippen LogP contribution in [0.4, 0.5) is 5.69 Å². The fraction of sp³-hybridized carbons (Fsp3) is 0.0714. The molecular weight excluding hydrogens is 349 g/mol. The summed E-state index contributed by atoms with van der Waals surface area (Å²) in [6.07, 6.45) is 0. The van der Waals surface area contributed by atoms with Crippen LogP contribution in [0.25, 0.3) is 0 Å². The van der Waals surface area contributed by atoms with Crippen LogP contribution in [0.15, 0.2) is 40.9 Å². The van der Waals surface area contributed by atoms with Gasteiger partial charge in [-0.1, -0.05) is 35.3 Å². The van der Waals surface area contributed by atoms with Gasteiger partial charge in [0.25, 0.3) is 5.91 Å². The van der Waals surface area contributed by atoms with Crippen molar-refractivity contribution in [2.75, 3.05) is 5.32 Å². The molecule has 1 N–H and O–H groups in total. The zero-order chi connectivity index (χ0) is 14.0. The Kier molecular flexibility index (Phi) is 4.50. The van der Waals surface area contributed by atoms with Crippen LogP contribution in [-0.2, 0) is 0 Å². The van der Waals surface area contributed by atoms with E-state index < -0.39 is 0 Å². The van der Waals surface area contributed by atoms with E-state index in [1.807, 2.05) is 13.0 Å². The van der Waals surface area contributed by atoms with Gasteiger partial charge in [-0.2, -0.15) is 0 Å². The van der Waals surface area contributed by atoms with Crippen molar-refractivity contribution in [3.8, 4) is 0 Å². The number of hydrogen-bond donors (Lipinski definition) is 1. The molecule has 0 unspecified atom stereocenters. The fourth-order valence-corrected chi connectivity index (χ4v) is 2.47. The lowest BCUT2D eigenvalue weighted by Crippen LogP contribution is -2.12. The van der Waals surface area contributed by atoms with Gasteiger partial charge in [-0.25, -0.2) is 0 Å². The molecule has 0 aliphatic rings. The van der Waals surface area contributed by atoms with E-state index in [-0.39, 0.29) is 5.91 Å². The first-order valence-electron chi connectivity index (χ1n) is 5.50. The predicted molar refractivity (Wildman–Crippen MR) is 83.3 cm³/mol. The third kappa shape index (κ3) is 3.30. The van der Waals surface area contributed by atoms with Gasteiger partial charge < -0.3 is 5.32 Å². The molecule has 98 valence electrons. The minimum absolute atomic E-state index is 0.241. The van der Waals surface area contributed by atoms with E-state index >= 15 is 0 Å². The first-order valence-corrected chi connectivity index (χ1v) is 7.05. The monoisotopic (exact) mass is 357 g/mol. The van der Waals surface area contributed by atoms with Crippen molar-refractivity contribution >= 4 is 50.7 Å². The zero-order valence-electron chi connectivity index (χ0n) is 10.0. The van der Waals surface area contributed by atoms with E-state index in [9.17, 15) is 4.79 Å². The lowest BCUT2D eigenvalue weighted by atomic mass is 10.2. The Hall–Kier alpha value is -1.03. The standard InChI is InChI=1S/C14H10BrCl2NO/c1-8-6-12(17)13(7-11(8)16)18-14(19)9-4-2-3-5-10(9)15/h2-7H,1H3,(H,18,19). The number of nitrogens with one attached hydrogen (secondary N) is 1. The molecule has 0 bridgehead atoms. The van der Waals surface area contributed by atoms with Gasteiger partial charge in [0.1, 0.15) is 0 Å². The maximum atomic E-state index is 12.1. The maximum absolute atomic E-state index is 12.1. The predicted octanol–water partition coefficient (Wildman–Crippen LogP) is 5.32. The van der Waals surface area contributed by atoms with Crippen LogP contribution >= 0.6 is 39.1 Å². The molecule has 0 spiro atoms. The zero-order valence-corrected chi connectivity index (χ0v) is 13.1. The first-order chi connectivity index (χ1) is 8.99. The van der Waals surface area contributed by atoms with Crippen molar-refractivity contribution in [3.05, 3.63) is 62.0 Å². The van der Waals surface area contributed by atoms with Crippen molar-refractivity contribution < 1.29 is 4.79 Å². The molecule has 0 atom stereocenters.